The predicted molar refractivity (Wildman–Crippen MR) is 129 cm³/mol. The number of nitrogens with zero attached hydrogens (tertiary/aromatic N) is 1. The van der Waals surface area contributed by atoms with E-state index < -0.39 is 5.97 Å². The Hall–Kier alpha value is -3.84. The molecule has 0 aliphatic carbocycles. The first kappa shape index (κ1) is 23.8. The predicted octanol–water partition coefficient (Wildman–Crippen LogP) is 4.83. The van der Waals surface area contributed by atoms with Crippen LogP contribution in [0.25, 0.3) is 0 Å². The van der Waals surface area contributed by atoms with Crippen LogP contribution in [0.3, 0.4) is 0 Å². The molecule has 0 aliphatic heterocycles. The molecular formula is C25H24ClN3O4. The van der Waals surface area contributed by atoms with Crippen molar-refractivity contribution in [3.8, 4) is 11.5 Å². The van der Waals surface area contributed by atoms with Gasteiger partial charge in [-0.2, -0.15) is 5.10 Å². The van der Waals surface area contributed by atoms with E-state index in [1.165, 1.54) is 6.21 Å². The van der Waals surface area contributed by atoms with Crippen LogP contribution in [-0.4, -0.2) is 31.2 Å². The fourth-order valence-corrected chi connectivity index (χ4v) is 3.02. The number of hydrazone groups is 1. The summed E-state index contributed by atoms with van der Waals surface area (Å²) in [7, 11) is 0. The summed E-state index contributed by atoms with van der Waals surface area (Å²) in [5.41, 5.74) is 5.37. The second-order valence-electron chi connectivity index (χ2n) is 7.02. The Morgan fingerprint density at radius 3 is 2.52 bits per heavy atom. The zero-order valence-electron chi connectivity index (χ0n) is 18.3. The number of esters is 1. The average Bonchev–Trinajstić information content (AvgIpc) is 2.80. The molecule has 0 radical (unpaired) electrons. The van der Waals surface area contributed by atoms with Crippen molar-refractivity contribution < 1.29 is 19.1 Å². The second-order valence-corrected chi connectivity index (χ2v) is 7.43. The number of ether oxygens (including phenoxy) is 2. The van der Waals surface area contributed by atoms with Gasteiger partial charge in [0.2, 0.25) is 0 Å². The lowest BCUT2D eigenvalue weighted by atomic mass is 10.2. The van der Waals surface area contributed by atoms with E-state index in [1.54, 1.807) is 42.5 Å². The Morgan fingerprint density at radius 1 is 1.03 bits per heavy atom. The fraction of sp³-hybridized carbons (Fsp3) is 0.160. The molecule has 0 bridgehead atoms. The molecule has 0 saturated carbocycles. The van der Waals surface area contributed by atoms with E-state index in [9.17, 15) is 9.59 Å². The summed E-state index contributed by atoms with van der Waals surface area (Å²) in [6.07, 6.45) is 1.48. The average molecular weight is 466 g/mol. The SMILES string of the molecule is CCOc1cc(C=NNC(=O)CNc2ccc(C)cc2)ccc1OC(=O)c1ccccc1Cl. The van der Waals surface area contributed by atoms with Crippen molar-refractivity contribution in [3.05, 3.63) is 88.4 Å². The molecule has 0 atom stereocenters. The summed E-state index contributed by atoms with van der Waals surface area (Å²) in [4.78, 5) is 24.5. The van der Waals surface area contributed by atoms with Gasteiger partial charge in [0.15, 0.2) is 11.5 Å². The summed E-state index contributed by atoms with van der Waals surface area (Å²) in [5, 5.41) is 7.30. The molecule has 3 rings (SSSR count). The Bertz CT molecular complexity index is 1150. The topological polar surface area (TPSA) is 89.0 Å². The van der Waals surface area contributed by atoms with Gasteiger partial charge in [0.05, 0.1) is 30.0 Å². The van der Waals surface area contributed by atoms with Gasteiger partial charge in [-0.05, 0) is 61.9 Å². The maximum absolute atomic E-state index is 12.5. The van der Waals surface area contributed by atoms with Crippen LogP contribution in [0.5, 0.6) is 11.5 Å². The number of aryl methyl sites for hydroxylation is 1. The third-order valence-corrected chi connectivity index (χ3v) is 4.80. The molecule has 0 aliphatic rings. The molecule has 3 aromatic rings. The molecule has 0 fully saturated rings. The number of amides is 1. The van der Waals surface area contributed by atoms with Gasteiger partial charge in [-0.15, -0.1) is 0 Å². The van der Waals surface area contributed by atoms with Crippen LogP contribution in [0.15, 0.2) is 71.8 Å². The maximum Gasteiger partial charge on any atom is 0.345 e. The number of nitrogens with one attached hydrogen (secondary N) is 2. The molecule has 0 saturated heterocycles. The van der Waals surface area contributed by atoms with E-state index >= 15 is 0 Å². The minimum Gasteiger partial charge on any atom is -0.490 e. The van der Waals surface area contributed by atoms with Crippen molar-refractivity contribution in [1.29, 1.82) is 0 Å². The summed E-state index contributed by atoms with van der Waals surface area (Å²) in [6, 6.07) is 19.3. The number of hydrogen-bond acceptors (Lipinski definition) is 6. The van der Waals surface area contributed by atoms with Crippen LogP contribution in [0.1, 0.15) is 28.4 Å². The van der Waals surface area contributed by atoms with Crippen molar-refractivity contribution in [1.82, 2.24) is 5.43 Å². The molecule has 33 heavy (non-hydrogen) atoms. The van der Waals surface area contributed by atoms with Crippen LogP contribution in [0.4, 0.5) is 5.69 Å². The summed E-state index contributed by atoms with van der Waals surface area (Å²) < 4.78 is 11.1. The van der Waals surface area contributed by atoms with Crippen LogP contribution >= 0.6 is 11.6 Å². The number of anilines is 1. The quantitative estimate of drug-likeness (QED) is 0.204. The Morgan fingerprint density at radius 2 is 1.79 bits per heavy atom. The number of rotatable bonds is 9. The number of halogens is 1. The number of benzene rings is 3. The Kier molecular flexibility index (Phi) is 8.43. The van der Waals surface area contributed by atoms with Crippen LogP contribution < -0.4 is 20.2 Å². The molecule has 7 nitrogen and oxygen atoms in total. The molecule has 170 valence electrons. The van der Waals surface area contributed by atoms with E-state index in [-0.39, 0.29) is 23.8 Å². The number of carbonyl (C=O) groups excluding carboxylic acids is 2. The van der Waals surface area contributed by atoms with Crippen molar-refractivity contribution in [2.45, 2.75) is 13.8 Å². The van der Waals surface area contributed by atoms with Gasteiger partial charge in [-0.25, -0.2) is 10.2 Å². The molecule has 0 unspecified atom stereocenters. The van der Waals surface area contributed by atoms with Gasteiger partial charge in [-0.3, -0.25) is 4.79 Å². The summed E-state index contributed by atoms with van der Waals surface area (Å²) >= 11 is 6.07. The molecule has 3 aromatic carbocycles. The summed E-state index contributed by atoms with van der Waals surface area (Å²) in [6.45, 7) is 4.28. The van der Waals surface area contributed by atoms with Gasteiger partial charge in [0.25, 0.3) is 5.91 Å². The third-order valence-electron chi connectivity index (χ3n) is 4.47. The summed E-state index contributed by atoms with van der Waals surface area (Å²) in [5.74, 6) is -0.252. The smallest absolute Gasteiger partial charge is 0.345 e. The zero-order chi connectivity index (χ0) is 23.6. The van der Waals surface area contributed by atoms with E-state index in [1.807, 2.05) is 38.1 Å². The van der Waals surface area contributed by atoms with Crippen LogP contribution in [-0.2, 0) is 4.79 Å². The van der Waals surface area contributed by atoms with Gasteiger partial charge >= 0.3 is 5.97 Å². The van der Waals surface area contributed by atoms with Crippen molar-refractivity contribution in [2.24, 2.45) is 5.10 Å². The molecule has 0 heterocycles. The number of carbonyl (C=O) groups is 2. The second kappa shape index (κ2) is 11.7. The minimum absolute atomic E-state index is 0.0849. The van der Waals surface area contributed by atoms with Gasteiger partial charge in [-0.1, -0.05) is 41.4 Å². The lowest BCUT2D eigenvalue weighted by Crippen LogP contribution is -2.25. The normalized spacial score (nSPS) is 10.6. The van der Waals surface area contributed by atoms with Crippen molar-refractivity contribution in [2.75, 3.05) is 18.5 Å². The Balaban J connectivity index is 1.60. The first-order valence-electron chi connectivity index (χ1n) is 10.3. The standard InChI is InChI=1S/C25H24ClN3O4/c1-3-32-23-14-18(10-13-22(23)33-25(31)20-6-4-5-7-21(20)26)15-28-29-24(30)16-27-19-11-8-17(2)9-12-19/h4-15,27H,3,16H2,1-2H3,(H,29,30). The lowest BCUT2D eigenvalue weighted by Gasteiger charge is -2.12. The lowest BCUT2D eigenvalue weighted by molar-refractivity contribution is -0.119. The van der Waals surface area contributed by atoms with E-state index in [0.717, 1.165) is 11.3 Å². The van der Waals surface area contributed by atoms with E-state index in [4.69, 9.17) is 21.1 Å². The molecule has 8 heteroatoms. The zero-order valence-corrected chi connectivity index (χ0v) is 19.1. The number of hydrogen-bond donors (Lipinski definition) is 2. The molecule has 1 amide bonds. The van der Waals surface area contributed by atoms with Crippen LogP contribution in [0, 0.1) is 6.92 Å². The Labute approximate surface area is 197 Å². The van der Waals surface area contributed by atoms with Gasteiger partial charge < -0.3 is 14.8 Å². The van der Waals surface area contributed by atoms with Crippen LogP contribution in [0.2, 0.25) is 5.02 Å². The highest BCUT2D eigenvalue weighted by atomic mass is 35.5. The molecule has 2 N–H and O–H groups in total. The monoisotopic (exact) mass is 465 g/mol. The first-order chi connectivity index (χ1) is 16.0. The highest BCUT2D eigenvalue weighted by Crippen LogP contribution is 2.29. The largest absolute Gasteiger partial charge is 0.490 e. The first-order valence-corrected chi connectivity index (χ1v) is 10.7. The highest BCUT2D eigenvalue weighted by Gasteiger charge is 2.15. The van der Waals surface area contributed by atoms with Crippen molar-refractivity contribution >= 4 is 35.4 Å². The van der Waals surface area contributed by atoms with E-state index in [2.05, 4.69) is 15.8 Å². The fourth-order valence-electron chi connectivity index (χ4n) is 2.81. The minimum atomic E-state index is -0.587. The van der Waals surface area contributed by atoms with Gasteiger partial charge in [0, 0.05) is 5.69 Å². The third kappa shape index (κ3) is 7.08. The highest BCUT2D eigenvalue weighted by molar-refractivity contribution is 6.33. The molecular weight excluding hydrogens is 442 g/mol. The molecule has 0 spiro atoms. The van der Waals surface area contributed by atoms with Gasteiger partial charge in [0.1, 0.15) is 0 Å². The van der Waals surface area contributed by atoms with Crippen molar-refractivity contribution in [3.63, 3.8) is 0 Å². The maximum atomic E-state index is 12.5. The van der Waals surface area contributed by atoms with E-state index in [0.29, 0.717) is 22.9 Å². The molecule has 0 aromatic heterocycles.